The summed E-state index contributed by atoms with van der Waals surface area (Å²) >= 11 is 4.63. The van der Waals surface area contributed by atoms with E-state index in [0.29, 0.717) is 5.56 Å². The molecule has 0 nitrogen and oxygen atoms in total. The summed E-state index contributed by atoms with van der Waals surface area (Å²) in [7, 11) is 0. The van der Waals surface area contributed by atoms with Crippen LogP contribution in [-0.4, -0.2) is 0 Å². The van der Waals surface area contributed by atoms with E-state index in [-0.39, 0.29) is 5.75 Å². The Balaban J connectivity index is 3.02. The molecule has 0 saturated heterocycles. The fourth-order valence-electron chi connectivity index (χ4n) is 0.837. The van der Waals surface area contributed by atoms with Crippen molar-refractivity contribution >= 4 is 12.6 Å². The SMILES string of the molecule is FC(F)(F)c1cccc(C[S])c1. The van der Waals surface area contributed by atoms with E-state index in [4.69, 9.17) is 0 Å². The van der Waals surface area contributed by atoms with Crippen LogP contribution in [0.3, 0.4) is 0 Å². The summed E-state index contributed by atoms with van der Waals surface area (Å²) in [5.41, 5.74) is -0.107. The van der Waals surface area contributed by atoms with E-state index in [9.17, 15) is 13.2 Å². The first-order valence-electron chi connectivity index (χ1n) is 3.28. The zero-order chi connectivity index (χ0) is 9.19. The lowest BCUT2D eigenvalue weighted by Crippen LogP contribution is -2.04. The van der Waals surface area contributed by atoms with Gasteiger partial charge in [0, 0.05) is 5.75 Å². The molecule has 0 atom stereocenters. The summed E-state index contributed by atoms with van der Waals surface area (Å²) in [6.07, 6.45) is -4.26. The van der Waals surface area contributed by atoms with E-state index in [1.807, 2.05) is 0 Å². The molecular formula is C8H6F3S. The van der Waals surface area contributed by atoms with E-state index < -0.39 is 11.7 Å². The van der Waals surface area contributed by atoms with Gasteiger partial charge < -0.3 is 0 Å². The minimum absolute atomic E-state index is 0.212. The third-order valence-electron chi connectivity index (χ3n) is 1.42. The van der Waals surface area contributed by atoms with Gasteiger partial charge in [-0.05, 0) is 11.6 Å². The van der Waals surface area contributed by atoms with Gasteiger partial charge in [-0.2, -0.15) is 13.2 Å². The van der Waals surface area contributed by atoms with Crippen molar-refractivity contribution in [2.45, 2.75) is 11.9 Å². The predicted molar refractivity (Wildman–Crippen MR) is 42.7 cm³/mol. The number of hydrogen-bond acceptors (Lipinski definition) is 0. The van der Waals surface area contributed by atoms with Crippen LogP contribution in [0.15, 0.2) is 24.3 Å². The van der Waals surface area contributed by atoms with E-state index in [0.717, 1.165) is 12.1 Å². The Hall–Kier alpha value is -0.640. The van der Waals surface area contributed by atoms with Crippen LogP contribution in [0.5, 0.6) is 0 Å². The van der Waals surface area contributed by atoms with Crippen molar-refractivity contribution in [3.05, 3.63) is 35.4 Å². The molecule has 0 N–H and O–H groups in total. The highest BCUT2D eigenvalue weighted by atomic mass is 32.1. The van der Waals surface area contributed by atoms with Crippen molar-refractivity contribution in [3.63, 3.8) is 0 Å². The van der Waals surface area contributed by atoms with Crippen molar-refractivity contribution in [2.24, 2.45) is 0 Å². The molecule has 0 unspecified atom stereocenters. The zero-order valence-electron chi connectivity index (χ0n) is 6.06. The Morgan fingerprint density at radius 1 is 1.25 bits per heavy atom. The van der Waals surface area contributed by atoms with E-state index in [2.05, 4.69) is 12.6 Å². The fourth-order valence-corrected chi connectivity index (χ4v) is 1.02. The molecule has 0 amide bonds. The molecule has 0 heterocycles. The Kier molecular flexibility index (Phi) is 2.67. The molecular weight excluding hydrogens is 185 g/mol. The molecule has 0 aliphatic carbocycles. The average Bonchev–Trinajstić information content (AvgIpc) is 2.03. The molecule has 0 bridgehead atoms. The largest absolute Gasteiger partial charge is 0.416 e. The van der Waals surface area contributed by atoms with Crippen LogP contribution in [0.4, 0.5) is 13.2 Å². The summed E-state index contributed by atoms with van der Waals surface area (Å²) in [4.78, 5) is 0. The van der Waals surface area contributed by atoms with Crippen LogP contribution < -0.4 is 0 Å². The van der Waals surface area contributed by atoms with E-state index in [1.165, 1.54) is 6.07 Å². The maximum Gasteiger partial charge on any atom is 0.416 e. The highest BCUT2D eigenvalue weighted by Gasteiger charge is 2.30. The Morgan fingerprint density at radius 2 is 1.92 bits per heavy atom. The lowest BCUT2D eigenvalue weighted by molar-refractivity contribution is -0.137. The van der Waals surface area contributed by atoms with Crippen molar-refractivity contribution in [3.8, 4) is 0 Å². The minimum atomic E-state index is -4.26. The Bertz CT molecular complexity index is 267. The molecule has 1 aromatic rings. The quantitative estimate of drug-likeness (QED) is 0.638. The zero-order valence-corrected chi connectivity index (χ0v) is 6.88. The van der Waals surface area contributed by atoms with Gasteiger partial charge in [0.25, 0.3) is 0 Å². The second kappa shape index (κ2) is 3.39. The molecule has 1 radical (unpaired) electrons. The molecule has 0 aromatic heterocycles. The summed E-state index contributed by atoms with van der Waals surface area (Å²) < 4.78 is 36.2. The van der Waals surface area contributed by atoms with Gasteiger partial charge in [-0.15, -0.1) is 0 Å². The maximum absolute atomic E-state index is 12.1. The van der Waals surface area contributed by atoms with Crippen LogP contribution in [-0.2, 0) is 11.9 Å². The summed E-state index contributed by atoms with van der Waals surface area (Å²) in [6.45, 7) is 0. The molecule has 0 fully saturated rings. The van der Waals surface area contributed by atoms with Gasteiger partial charge in [-0.25, -0.2) is 0 Å². The highest BCUT2D eigenvalue weighted by molar-refractivity contribution is 7.79. The molecule has 0 aliphatic heterocycles. The third kappa shape index (κ3) is 2.17. The number of hydrogen-bond donors (Lipinski definition) is 0. The van der Waals surface area contributed by atoms with Gasteiger partial charge in [0.15, 0.2) is 0 Å². The van der Waals surface area contributed by atoms with Crippen LogP contribution in [0.2, 0.25) is 0 Å². The highest BCUT2D eigenvalue weighted by Crippen LogP contribution is 2.29. The van der Waals surface area contributed by atoms with Crippen molar-refractivity contribution in [1.82, 2.24) is 0 Å². The second-order valence-corrected chi connectivity index (χ2v) is 2.63. The smallest absolute Gasteiger partial charge is 0.166 e. The van der Waals surface area contributed by atoms with E-state index in [1.54, 1.807) is 6.07 Å². The third-order valence-corrected chi connectivity index (χ3v) is 1.75. The van der Waals surface area contributed by atoms with Crippen molar-refractivity contribution in [2.75, 3.05) is 0 Å². The number of alkyl halides is 3. The Labute approximate surface area is 73.8 Å². The molecule has 1 aromatic carbocycles. The first-order valence-corrected chi connectivity index (χ1v) is 3.86. The monoisotopic (exact) mass is 191 g/mol. The molecule has 65 valence electrons. The molecule has 4 heteroatoms. The molecule has 0 spiro atoms. The van der Waals surface area contributed by atoms with Gasteiger partial charge in [0.05, 0.1) is 5.56 Å². The lowest BCUT2D eigenvalue weighted by Gasteiger charge is -2.06. The molecule has 12 heavy (non-hydrogen) atoms. The second-order valence-electron chi connectivity index (χ2n) is 2.34. The summed E-state index contributed by atoms with van der Waals surface area (Å²) in [5.74, 6) is 0.212. The van der Waals surface area contributed by atoms with Gasteiger partial charge in [0.2, 0.25) is 0 Å². The van der Waals surface area contributed by atoms with Gasteiger partial charge in [-0.3, -0.25) is 0 Å². The molecule has 1 rings (SSSR count). The summed E-state index contributed by atoms with van der Waals surface area (Å²) in [6, 6.07) is 5.06. The predicted octanol–water partition coefficient (Wildman–Crippen LogP) is 3.40. The van der Waals surface area contributed by atoms with Crippen molar-refractivity contribution in [1.29, 1.82) is 0 Å². The number of rotatable bonds is 1. The first kappa shape index (κ1) is 9.45. The Morgan fingerprint density at radius 3 is 2.42 bits per heavy atom. The normalized spacial score (nSPS) is 11.7. The van der Waals surface area contributed by atoms with Crippen molar-refractivity contribution < 1.29 is 13.2 Å². The fraction of sp³-hybridized carbons (Fsp3) is 0.250. The van der Waals surface area contributed by atoms with Gasteiger partial charge in [-0.1, -0.05) is 30.8 Å². The average molecular weight is 191 g/mol. The first-order chi connectivity index (χ1) is 5.54. The van der Waals surface area contributed by atoms with Crippen LogP contribution in [0.25, 0.3) is 0 Å². The van der Waals surface area contributed by atoms with Crippen LogP contribution >= 0.6 is 12.6 Å². The summed E-state index contributed by atoms with van der Waals surface area (Å²) in [5, 5.41) is 0. The number of benzene rings is 1. The molecule has 0 aliphatic rings. The van der Waals surface area contributed by atoms with E-state index >= 15 is 0 Å². The minimum Gasteiger partial charge on any atom is -0.166 e. The standard InChI is InChI=1S/C8H6F3S/c9-8(10,11)7-3-1-2-6(4-7)5-12/h1-4H,5H2. The molecule has 0 saturated carbocycles. The van der Waals surface area contributed by atoms with Crippen LogP contribution in [0, 0.1) is 0 Å². The van der Waals surface area contributed by atoms with Gasteiger partial charge in [0.1, 0.15) is 0 Å². The maximum atomic E-state index is 12.1. The number of halogens is 3. The topological polar surface area (TPSA) is 0 Å². The van der Waals surface area contributed by atoms with Gasteiger partial charge >= 0.3 is 6.18 Å². The lowest BCUT2D eigenvalue weighted by atomic mass is 10.1. The van der Waals surface area contributed by atoms with Crippen LogP contribution in [0.1, 0.15) is 11.1 Å².